The molecule has 0 aliphatic carbocycles. The summed E-state index contributed by atoms with van der Waals surface area (Å²) in [5.41, 5.74) is 1.40. The lowest BCUT2D eigenvalue weighted by atomic mass is 10.1. The van der Waals surface area contributed by atoms with Gasteiger partial charge in [0.25, 0.3) is 0 Å². The van der Waals surface area contributed by atoms with Crippen LogP contribution in [0.4, 0.5) is 0 Å². The van der Waals surface area contributed by atoms with Gasteiger partial charge in [-0.25, -0.2) is 0 Å². The molecular weight excluding hydrogens is 182 g/mol. The van der Waals surface area contributed by atoms with Gasteiger partial charge in [-0.15, -0.1) is 6.58 Å². The van der Waals surface area contributed by atoms with Crippen molar-refractivity contribution in [3.63, 3.8) is 0 Å². The standard InChI is InChI=1S/C14H21N/c1-3-4-8-13(2)15-12-11-14-9-6-5-7-10-14/h3,5-7,9-10,13,15H,1,4,8,11-12H2,2H3/t13-/m0/s1. The highest BCUT2D eigenvalue weighted by Gasteiger charge is 1.98. The van der Waals surface area contributed by atoms with Gasteiger partial charge in [0.15, 0.2) is 0 Å². The van der Waals surface area contributed by atoms with E-state index in [4.69, 9.17) is 0 Å². The van der Waals surface area contributed by atoms with E-state index in [1.165, 1.54) is 12.0 Å². The molecule has 82 valence electrons. The van der Waals surface area contributed by atoms with Crippen LogP contribution in [0.25, 0.3) is 0 Å². The van der Waals surface area contributed by atoms with E-state index in [0.29, 0.717) is 6.04 Å². The van der Waals surface area contributed by atoms with Crippen molar-refractivity contribution >= 4 is 0 Å². The van der Waals surface area contributed by atoms with Crippen molar-refractivity contribution in [2.75, 3.05) is 6.54 Å². The molecule has 1 rings (SSSR count). The molecule has 0 heterocycles. The van der Waals surface area contributed by atoms with Crippen LogP contribution in [-0.2, 0) is 6.42 Å². The third-order valence-electron chi connectivity index (χ3n) is 2.55. The Morgan fingerprint density at radius 2 is 2.07 bits per heavy atom. The minimum Gasteiger partial charge on any atom is -0.314 e. The Labute approximate surface area is 93.2 Å². The molecule has 0 saturated carbocycles. The van der Waals surface area contributed by atoms with Crippen molar-refractivity contribution in [3.05, 3.63) is 48.6 Å². The SMILES string of the molecule is C=CCC[C@H](C)NCCc1ccccc1. The fourth-order valence-electron chi connectivity index (χ4n) is 1.58. The largest absolute Gasteiger partial charge is 0.314 e. The zero-order chi connectivity index (χ0) is 10.9. The van der Waals surface area contributed by atoms with Crippen LogP contribution in [0.3, 0.4) is 0 Å². The van der Waals surface area contributed by atoms with Crippen molar-refractivity contribution in [1.29, 1.82) is 0 Å². The van der Waals surface area contributed by atoms with E-state index in [2.05, 4.69) is 49.2 Å². The lowest BCUT2D eigenvalue weighted by Crippen LogP contribution is -2.27. The Morgan fingerprint density at radius 3 is 2.73 bits per heavy atom. The molecule has 15 heavy (non-hydrogen) atoms. The van der Waals surface area contributed by atoms with Crippen LogP contribution in [0.15, 0.2) is 43.0 Å². The molecule has 0 spiro atoms. The van der Waals surface area contributed by atoms with Gasteiger partial charge >= 0.3 is 0 Å². The van der Waals surface area contributed by atoms with Crippen molar-refractivity contribution < 1.29 is 0 Å². The second-order valence-corrected chi connectivity index (χ2v) is 3.96. The molecule has 0 saturated heterocycles. The molecule has 0 radical (unpaired) electrons. The summed E-state index contributed by atoms with van der Waals surface area (Å²) >= 11 is 0. The Morgan fingerprint density at radius 1 is 1.33 bits per heavy atom. The first kappa shape index (κ1) is 12.0. The van der Waals surface area contributed by atoms with E-state index in [1.807, 2.05) is 6.08 Å². The summed E-state index contributed by atoms with van der Waals surface area (Å²) in [4.78, 5) is 0. The average molecular weight is 203 g/mol. The normalized spacial score (nSPS) is 12.3. The van der Waals surface area contributed by atoms with Gasteiger partial charge in [0.05, 0.1) is 0 Å². The monoisotopic (exact) mass is 203 g/mol. The number of benzene rings is 1. The molecule has 1 aromatic rings. The summed E-state index contributed by atoms with van der Waals surface area (Å²) in [6.45, 7) is 7.02. The highest BCUT2D eigenvalue weighted by molar-refractivity contribution is 5.14. The predicted molar refractivity (Wildman–Crippen MR) is 67.0 cm³/mol. The van der Waals surface area contributed by atoms with Gasteiger partial charge in [-0.1, -0.05) is 36.4 Å². The second-order valence-electron chi connectivity index (χ2n) is 3.96. The van der Waals surface area contributed by atoms with Gasteiger partial charge in [0.2, 0.25) is 0 Å². The third kappa shape index (κ3) is 5.38. The molecular formula is C14H21N. The topological polar surface area (TPSA) is 12.0 Å². The van der Waals surface area contributed by atoms with Crippen LogP contribution in [0, 0.1) is 0 Å². The highest BCUT2D eigenvalue weighted by atomic mass is 14.9. The summed E-state index contributed by atoms with van der Waals surface area (Å²) in [6.07, 6.45) is 5.37. The van der Waals surface area contributed by atoms with Crippen LogP contribution in [0.5, 0.6) is 0 Å². The Bertz CT molecular complexity index is 266. The molecule has 1 aromatic carbocycles. The van der Waals surface area contributed by atoms with Crippen LogP contribution in [-0.4, -0.2) is 12.6 Å². The fraction of sp³-hybridized carbons (Fsp3) is 0.429. The van der Waals surface area contributed by atoms with Gasteiger partial charge < -0.3 is 5.32 Å². The summed E-state index contributed by atoms with van der Waals surface area (Å²) in [6, 6.07) is 11.2. The summed E-state index contributed by atoms with van der Waals surface area (Å²) in [5.74, 6) is 0. The maximum absolute atomic E-state index is 3.73. The van der Waals surface area contributed by atoms with Gasteiger partial charge in [0, 0.05) is 6.04 Å². The van der Waals surface area contributed by atoms with Crippen LogP contribution in [0.2, 0.25) is 0 Å². The molecule has 0 fully saturated rings. The Hall–Kier alpha value is -1.08. The number of hydrogen-bond donors (Lipinski definition) is 1. The second kappa shape index (κ2) is 7.24. The van der Waals surface area contributed by atoms with Gasteiger partial charge in [-0.3, -0.25) is 0 Å². The van der Waals surface area contributed by atoms with Crippen molar-refractivity contribution in [2.45, 2.75) is 32.2 Å². The smallest absolute Gasteiger partial charge is 0.00418 e. The molecule has 1 atom stereocenters. The number of hydrogen-bond acceptors (Lipinski definition) is 1. The molecule has 0 aliphatic heterocycles. The number of allylic oxidation sites excluding steroid dienone is 1. The van der Waals surface area contributed by atoms with E-state index in [9.17, 15) is 0 Å². The van der Waals surface area contributed by atoms with E-state index in [-0.39, 0.29) is 0 Å². The van der Waals surface area contributed by atoms with Crippen LogP contribution >= 0.6 is 0 Å². The van der Waals surface area contributed by atoms with Gasteiger partial charge in [0.1, 0.15) is 0 Å². The molecule has 1 heteroatoms. The summed E-state index contributed by atoms with van der Waals surface area (Å²) in [5, 5.41) is 3.52. The molecule has 1 nitrogen and oxygen atoms in total. The predicted octanol–water partition coefficient (Wildman–Crippen LogP) is 3.17. The van der Waals surface area contributed by atoms with Crippen LogP contribution < -0.4 is 5.32 Å². The van der Waals surface area contributed by atoms with E-state index in [1.54, 1.807) is 0 Å². The minimum atomic E-state index is 0.590. The minimum absolute atomic E-state index is 0.590. The fourth-order valence-corrected chi connectivity index (χ4v) is 1.58. The molecule has 0 aliphatic rings. The zero-order valence-electron chi connectivity index (χ0n) is 9.58. The van der Waals surface area contributed by atoms with Gasteiger partial charge in [-0.05, 0) is 38.3 Å². The van der Waals surface area contributed by atoms with Crippen molar-refractivity contribution in [3.8, 4) is 0 Å². The third-order valence-corrected chi connectivity index (χ3v) is 2.55. The molecule has 1 N–H and O–H groups in total. The maximum Gasteiger partial charge on any atom is 0.00418 e. The molecule has 0 aromatic heterocycles. The maximum atomic E-state index is 3.73. The quantitative estimate of drug-likeness (QED) is 0.671. The van der Waals surface area contributed by atoms with Crippen LogP contribution in [0.1, 0.15) is 25.3 Å². The lowest BCUT2D eigenvalue weighted by Gasteiger charge is -2.12. The Kier molecular flexibility index (Phi) is 5.79. The highest BCUT2D eigenvalue weighted by Crippen LogP contribution is 2.00. The van der Waals surface area contributed by atoms with E-state index in [0.717, 1.165) is 19.4 Å². The first-order chi connectivity index (χ1) is 7.33. The Balaban J connectivity index is 2.13. The summed E-state index contributed by atoms with van der Waals surface area (Å²) < 4.78 is 0. The number of rotatable bonds is 7. The average Bonchev–Trinajstić information content (AvgIpc) is 2.28. The van der Waals surface area contributed by atoms with E-state index < -0.39 is 0 Å². The number of nitrogens with one attached hydrogen (secondary N) is 1. The zero-order valence-corrected chi connectivity index (χ0v) is 9.58. The first-order valence-electron chi connectivity index (χ1n) is 5.71. The van der Waals surface area contributed by atoms with E-state index >= 15 is 0 Å². The molecule has 0 bridgehead atoms. The first-order valence-corrected chi connectivity index (χ1v) is 5.71. The van der Waals surface area contributed by atoms with Crippen molar-refractivity contribution in [1.82, 2.24) is 5.32 Å². The van der Waals surface area contributed by atoms with Crippen molar-refractivity contribution in [2.24, 2.45) is 0 Å². The lowest BCUT2D eigenvalue weighted by molar-refractivity contribution is 0.521. The summed E-state index contributed by atoms with van der Waals surface area (Å²) in [7, 11) is 0. The molecule has 0 amide bonds. The molecule has 0 unspecified atom stereocenters. The van der Waals surface area contributed by atoms with Gasteiger partial charge in [-0.2, -0.15) is 0 Å².